The summed E-state index contributed by atoms with van der Waals surface area (Å²) >= 11 is 0. The molecule has 0 atom stereocenters. The number of fused-ring (bicyclic) bond motifs is 1. The molecule has 3 aromatic rings. The Balaban J connectivity index is 1.61. The molecule has 8 heteroatoms. The Morgan fingerprint density at radius 2 is 1.86 bits per heavy atom. The van der Waals surface area contributed by atoms with Gasteiger partial charge < -0.3 is 19.9 Å². The molecule has 0 unspecified atom stereocenters. The second-order valence-corrected chi connectivity index (χ2v) is 6.04. The Morgan fingerprint density at radius 1 is 1.07 bits per heavy atom. The lowest BCUT2D eigenvalue weighted by atomic mass is 10.2. The van der Waals surface area contributed by atoms with E-state index in [0.717, 1.165) is 22.6 Å². The number of aromatic nitrogens is 3. The summed E-state index contributed by atoms with van der Waals surface area (Å²) < 4.78 is 6.81. The number of carbonyl (C=O) groups excluding carboxylic acids is 2. The highest BCUT2D eigenvalue weighted by Gasteiger charge is 2.13. The van der Waals surface area contributed by atoms with Gasteiger partial charge in [0.2, 0.25) is 0 Å². The van der Waals surface area contributed by atoms with Gasteiger partial charge in [-0.05, 0) is 19.1 Å². The van der Waals surface area contributed by atoms with Crippen molar-refractivity contribution in [3.8, 4) is 11.4 Å². The van der Waals surface area contributed by atoms with Gasteiger partial charge in [-0.3, -0.25) is 4.79 Å². The van der Waals surface area contributed by atoms with Crippen molar-refractivity contribution in [1.82, 2.24) is 25.2 Å². The molecule has 2 aromatic heterocycles. The molecular weight excluding hydrogens is 358 g/mol. The standard InChI is InChI=1S/C20H23N5O3/c1-2-28-17(26)10-12-22-20(27)23-13-14-25-18(15-7-4-3-5-8-15)24-16-9-6-11-21-19(16)25/h3-9,11H,2,10,12-14H2,1H3,(H2,22,23,27). The van der Waals surface area contributed by atoms with Crippen LogP contribution in [0, 0.1) is 0 Å². The number of amides is 2. The van der Waals surface area contributed by atoms with E-state index in [1.54, 1.807) is 13.1 Å². The van der Waals surface area contributed by atoms with Crippen molar-refractivity contribution in [3.63, 3.8) is 0 Å². The van der Waals surface area contributed by atoms with E-state index in [1.165, 1.54) is 0 Å². The average Bonchev–Trinajstić information content (AvgIpc) is 3.08. The number of nitrogens with one attached hydrogen (secondary N) is 2. The Kier molecular flexibility index (Phi) is 6.56. The molecule has 0 aliphatic heterocycles. The van der Waals surface area contributed by atoms with Gasteiger partial charge in [0.1, 0.15) is 11.3 Å². The Labute approximate surface area is 162 Å². The maximum Gasteiger partial charge on any atom is 0.314 e. The molecule has 0 saturated carbocycles. The highest BCUT2D eigenvalue weighted by atomic mass is 16.5. The smallest absolute Gasteiger partial charge is 0.314 e. The molecule has 0 spiro atoms. The number of esters is 1. The fourth-order valence-electron chi connectivity index (χ4n) is 2.83. The SMILES string of the molecule is CCOC(=O)CCNC(=O)NCCn1c(-c2ccccc2)nc2cccnc21. The Morgan fingerprint density at radius 3 is 2.64 bits per heavy atom. The summed E-state index contributed by atoms with van der Waals surface area (Å²) in [5.41, 5.74) is 2.56. The maximum absolute atomic E-state index is 11.9. The second-order valence-electron chi connectivity index (χ2n) is 6.04. The molecule has 2 amide bonds. The molecule has 146 valence electrons. The number of hydrogen-bond donors (Lipinski definition) is 2. The third-order valence-electron chi connectivity index (χ3n) is 4.08. The van der Waals surface area contributed by atoms with Crippen LogP contribution in [0.2, 0.25) is 0 Å². The van der Waals surface area contributed by atoms with Gasteiger partial charge in [-0.25, -0.2) is 14.8 Å². The predicted octanol–water partition coefficient (Wildman–Crippen LogP) is 2.35. The van der Waals surface area contributed by atoms with Gasteiger partial charge in [-0.15, -0.1) is 0 Å². The third-order valence-corrected chi connectivity index (χ3v) is 4.08. The first-order chi connectivity index (χ1) is 13.7. The fraction of sp³-hybridized carbons (Fsp3) is 0.300. The molecule has 8 nitrogen and oxygen atoms in total. The molecule has 0 saturated heterocycles. The van der Waals surface area contributed by atoms with Crippen LogP contribution in [0.1, 0.15) is 13.3 Å². The average molecular weight is 381 g/mol. The molecule has 1 aromatic carbocycles. The van der Waals surface area contributed by atoms with E-state index < -0.39 is 0 Å². The molecule has 0 aliphatic carbocycles. The first-order valence-electron chi connectivity index (χ1n) is 9.23. The van der Waals surface area contributed by atoms with Crippen molar-refractivity contribution in [2.45, 2.75) is 19.9 Å². The van der Waals surface area contributed by atoms with Crippen LogP contribution in [0.4, 0.5) is 4.79 Å². The molecule has 2 N–H and O–H groups in total. The lowest BCUT2D eigenvalue weighted by Crippen LogP contribution is -2.38. The molecule has 0 aliphatic rings. The van der Waals surface area contributed by atoms with Gasteiger partial charge in [-0.1, -0.05) is 30.3 Å². The lowest BCUT2D eigenvalue weighted by Gasteiger charge is -2.11. The van der Waals surface area contributed by atoms with Crippen LogP contribution in [0.25, 0.3) is 22.6 Å². The number of urea groups is 1. The largest absolute Gasteiger partial charge is 0.466 e. The van der Waals surface area contributed by atoms with Gasteiger partial charge in [-0.2, -0.15) is 0 Å². The number of hydrogen-bond acceptors (Lipinski definition) is 5. The highest BCUT2D eigenvalue weighted by Crippen LogP contribution is 2.23. The van der Waals surface area contributed by atoms with Crippen LogP contribution >= 0.6 is 0 Å². The van der Waals surface area contributed by atoms with E-state index in [1.807, 2.05) is 47.0 Å². The van der Waals surface area contributed by atoms with Gasteiger partial charge in [0, 0.05) is 31.4 Å². The molecule has 0 fully saturated rings. The van der Waals surface area contributed by atoms with Crippen LogP contribution in [-0.4, -0.2) is 46.2 Å². The number of imidazole rings is 1. The van der Waals surface area contributed by atoms with Crippen LogP contribution in [0.3, 0.4) is 0 Å². The van der Waals surface area contributed by atoms with Crippen LogP contribution < -0.4 is 10.6 Å². The zero-order valence-electron chi connectivity index (χ0n) is 15.7. The zero-order valence-corrected chi connectivity index (χ0v) is 15.7. The van der Waals surface area contributed by atoms with Gasteiger partial charge in [0.15, 0.2) is 5.65 Å². The van der Waals surface area contributed by atoms with Crippen molar-refractivity contribution < 1.29 is 14.3 Å². The van der Waals surface area contributed by atoms with E-state index in [4.69, 9.17) is 4.74 Å². The summed E-state index contributed by atoms with van der Waals surface area (Å²) in [4.78, 5) is 32.3. The van der Waals surface area contributed by atoms with E-state index in [-0.39, 0.29) is 25.0 Å². The predicted molar refractivity (Wildman–Crippen MR) is 106 cm³/mol. The molecule has 3 rings (SSSR count). The minimum absolute atomic E-state index is 0.148. The van der Waals surface area contributed by atoms with E-state index >= 15 is 0 Å². The molecule has 2 heterocycles. The zero-order chi connectivity index (χ0) is 19.8. The number of carbonyl (C=O) groups is 2. The summed E-state index contributed by atoms with van der Waals surface area (Å²) in [6.45, 7) is 3.23. The van der Waals surface area contributed by atoms with Crippen molar-refractivity contribution in [1.29, 1.82) is 0 Å². The number of ether oxygens (including phenoxy) is 1. The topological polar surface area (TPSA) is 98.1 Å². The molecular formula is C20H23N5O3. The monoisotopic (exact) mass is 381 g/mol. The summed E-state index contributed by atoms with van der Waals surface area (Å²) in [6.07, 6.45) is 1.88. The Hall–Kier alpha value is -3.42. The van der Waals surface area contributed by atoms with Crippen molar-refractivity contribution >= 4 is 23.2 Å². The van der Waals surface area contributed by atoms with Crippen molar-refractivity contribution in [2.75, 3.05) is 19.7 Å². The first kappa shape index (κ1) is 19.3. The second kappa shape index (κ2) is 9.50. The molecule has 28 heavy (non-hydrogen) atoms. The third kappa shape index (κ3) is 4.85. The molecule has 0 bridgehead atoms. The lowest BCUT2D eigenvalue weighted by molar-refractivity contribution is -0.142. The summed E-state index contributed by atoms with van der Waals surface area (Å²) in [5.74, 6) is 0.477. The van der Waals surface area contributed by atoms with Gasteiger partial charge in [0.05, 0.1) is 13.0 Å². The van der Waals surface area contributed by atoms with Gasteiger partial charge in [0.25, 0.3) is 0 Å². The fourth-order valence-corrected chi connectivity index (χ4v) is 2.83. The molecule has 0 radical (unpaired) electrons. The van der Waals surface area contributed by atoms with Gasteiger partial charge >= 0.3 is 12.0 Å². The summed E-state index contributed by atoms with van der Waals surface area (Å²) in [5, 5.41) is 5.44. The van der Waals surface area contributed by atoms with E-state index in [2.05, 4.69) is 20.6 Å². The van der Waals surface area contributed by atoms with Crippen LogP contribution in [-0.2, 0) is 16.1 Å². The summed E-state index contributed by atoms with van der Waals surface area (Å²) in [7, 11) is 0. The number of rotatable bonds is 8. The Bertz CT molecular complexity index is 939. The summed E-state index contributed by atoms with van der Waals surface area (Å²) in [6, 6.07) is 13.3. The number of pyridine rings is 1. The quantitative estimate of drug-likeness (QED) is 0.584. The number of nitrogens with zero attached hydrogens (tertiary/aromatic N) is 3. The highest BCUT2D eigenvalue weighted by molar-refractivity contribution is 5.77. The van der Waals surface area contributed by atoms with Crippen molar-refractivity contribution in [3.05, 3.63) is 48.7 Å². The van der Waals surface area contributed by atoms with E-state index in [9.17, 15) is 9.59 Å². The van der Waals surface area contributed by atoms with Crippen molar-refractivity contribution in [2.24, 2.45) is 0 Å². The minimum Gasteiger partial charge on any atom is -0.466 e. The normalized spacial score (nSPS) is 10.6. The maximum atomic E-state index is 11.9. The first-order valence-corrected chi connectivity index (χ1v) is 9.23. The minimum atomic E-state index is -0.331. The van der Waals surface area contributed by atoms with E-state index in [0.29, 0.717) is 19.7 Å². The van der Waals surface area contributed by atoms with Crippen LogP contribution in [0.5, 0.6) is 0 Å². The van der Waals surface area contributed by atoms with Crippen LogP contribution in [0.15, 0.2) is 48.7 Å². The number of benzene rings is 1.